The van der Waals surface area contributed by atoms with Crippen LogP contribution in [0.3, 0.4) is 0 Å². The van der Waals surface area contributed by atoms with Gasteiger partial charge in [-0.1, -0.05) is 19.3 Å². The molecule has 118 valence electrons. The van der Waals surface area contributed by atoms with Crippen LogP contribution >= 0.6 is 0 Å². The minimum absolute atomic E-state index is 0.117. The maximum absolute atomic E-state index is 11.5. The highest BCUT2D eigenvalue weighted by molar-refractivity contribution is 5.71. The number of ether oxygens (including phenoxy) is 1. The van der Waals surface area contributed by atoms with Gasteiger partial charge >= 0.3 is 5.97 Å². The van der Waals surface area contributed by atoms with Crippen molar-refractivity contribution in [3.05, 3.63) is 0 Å². The van der Waals surface area contributed by atoms with Crippen LogP contribution < -0.4 is 0 Å². The number of carboxylic acid groups (broad SMARTS) is 1. The molecule has 4 rings (SSSR count). The van der Waals surface area contributed by atoms with E-state index >= 15 is 0 Å². The van der Waals surface area contributed by atoms with Crippen molar-refractivity contribution in [1.29, 1.82) is 0 Å². The second-order valence-electron chi connectivity index (χ2n) is 7.66. The maximum atomic E-state index is 11.5. The molecule has 3 saturated heterocycles. The third-order valence-corrected chi connectivity index (χ3v) is 6.56. The highest BCUT2D eigenvalue weighted by atomic mass is 16.5. The summed E-state index contributed by atoms with van der Waals surface area (Å²) in [6.07, 6.45) is 11.8. The molecule has 4 heteroatoms. The second kappa shape index (κ2) is 5.24. The fourth-order valence-corrected chi connectivity index (χ4v) is 5.67. The van der Waals surface area contributed by atoms with Crippen molar-refractivity contribution in [2.24, 2.45) is 5.92 Å². The van der Waals surface area contributed by atoms with E-state index in [4.69, 9.17) is 4.74 Å². The number of carboxylic acids is 1. The van der Waals surface area contributed by atoms with Crippen molar-refractivity contribution in [1.82, 2.24) is 4.90 Å². The molecular weight excluding hydrogens is 266 g/mol. The fourth-order valence-electron chi connectivity index (χ4n) is 5.67. The lowest BCUT2D eigenvalue weighted by Crippen LogP contribution is -2.51. The van der Waals surface area contributed by atoms with Crippen LogP contribution in [0.25, 0.3) is 0 Å². The Kier molecular flexibility index (Phi) is 3.49. The molecule has 4 atom stereocenters. The lowest BCUT2D eigenvalue weighted by Gasteiger charge is -2.47. The van der Waals surface area contributed by atoms with Gasteiger partial charge in [0.2, 0.25) is 0 Å². The van der Waals surface area contributed by atoms with Gasteiger partial charge in [-0.05, 0) is 44.9 Å². The highest BCUT2D eigenvalue weighted by Crippen LogP contribution is 2.47. The lowest BCUT2D eigenvalue weighted by molar-refractivity contribution is -0.143. The Bertz CT molecular complexity index is 413. The molecule has 0 amide bonds. The SMILES string of the molecule is O=C(O)C1CC2CCC1N2C1CCOC2(CCCCC2)C1. The monoisotopic (exact) mass is 293 g/mol. The molecule has 0 aromatic rings. The van der Waals surface area contributed by atoms with Gasteiger partial charge in [0.1, 0.15) is 0 Å². The number of fused-ring (bicyclic) bond motifs is 2. The van der Waals surface area contributed by atoms with E-state index in [1.807, 2.05) is 0 Å². The molecule has 0 radical (unpaired) electrons. The van der Waals surface area contributed by atoms with E-state index in [-0.39, 0.29) is 11.5 Å². The number of aliphatic carboxylic acids is 1. The Labute approximate surface area is 126 Å². The topological polar surface area (TPSA) is 49.8 Å². The molecule has 3 heterocycles. The molecular formula is C17H27NO3. The summed E-state index contributed by atoms with van der Waals surface area (Å²) in [5.74, 6) is -0.694. The predicted octanol–water partition coefficient (Wildman–Crippen LogP) is 2.81. The molecule has 4 nitrogen and oxygen atoms in total. The molecule has 4 unspecified atom stereocenters. The Balaban J connectivity index is 1.50. The number of nitrogens with zero attached hydrogens (tertiary/aromatic N) is 1. The van der Waals surface area contributed by atoms with Crippen molar-refractivity contribution in [2.45, 2.75) is 87.9 Å². The van der Waals surface area contributed by atoms with Crippen LogP contribution in [0.5, 0.6) is 0 Å². The van der Waals surface area contributed by atoms with Gasteiger partial charge in [0.25, 0.3) is 0 Å². The first-order valence-electron chi connectivity index (χ1n) is 8.83. The zero-order chi connectivity index (χ0) is 14.4. The Hall–Kier alpha value is -0.610. The molecule has 1 N–H and O–H groups in total. The summed E-state index contributed by atoms with van der Waals surface area (Å²) in [7, 11) is 0. The van der Waals surface area contributed by atoms with Crippen molar-refractivity contribution in [3.8, 4) is 0 Å². The quantitative estimate of drug-likeness (QED) is 0.850. The smallest absolute Gasteiger partial charge is 0.308 e. The van der Waals surface area contributed by atoms with Gasteiger partial charge in [-0.25, -0.2) is 0 Å². The number of hydrogen-bond acceptors (Lipinski definition) is 3. The fraction of sp³-hybridized carbons (Fsp3) is 0.941. The van der Waals surface area contributed by atoms with Gasteiger partial charge < -0.3 is 9.84 Å². The van der Waals surface area contributed by atoms with Gasteiger partial charge in [-0.3, -0.25) is 9.69 Å². The van der Waals surface area contributed by atoms with Crippen molar-refractivity contribution < 1.29 is 14.6 Å². The second-order valence-corrected chi connectivity index (χ2v) is 7.66. The zero-order valence-electron chi connectivity index (χ0n) is 12.8. The lowest BCUT2D eigenvalue weighted by atomic mass is 9.78. The Morgan fingerprint density at radius 2 is 1.90 bits per heavy atom. The molecule has 0 aromatic carbocycles. The molecule has 1 aliphatic carbocycles. The first-order valence-corrected chi connectivity index (χ1v) is 8.83. The van der Waals surface area contributed by atoms with Crippen LogP contribution in [0.4, 0.5) is 0 Å². The minimum Gasteiger partial charge on any atom is -0.481 e. The van der Waals surface area contributed by atoms with Gasteiger partial charge in [0.05, 0.1) is 11.5 Å². The van der Waals surface area contributed by atoms with Crippen LogP contribution in [-0.2, 0) is 9.53 Å². The molecule has 4 aliphatic rings. The summed E-state index contributed by atoms with van der Waals surface area (Å²) < 4.78 is 6.22. The third-order valence-electron chi connectivity index (χ3n) is 6.56. The van der Waals surface area contributed by atoms with E-state index in [1.165, 1.54) is 38.5 Å². The van der Waals surface area contributed by atoms with Gasteiger partial charge in [0.15, 0.2) is 0 Å². The molecule has 0 aromatic heterocycles. The average Bonchev–Trinajstić information content (AvgIpc) is 3.06. The van der Waals surface area contributed by atoms with E-state index < -0.39 is 5.97 Å². The minimum atomic E-state index is -0.577. The number of hydrogen-bond donors (Lipinski definition) is 1. The predicted molar refractivity (Wildman–Crippen MR) is 79.2 cm³/mol. The van der Waals surface area contributed by atoms with Crippen molar-refractivity contribution >= 4 is 5.97 Å². The average molecular weight is 293 g/mol. The molecule has 2 bridgehead atoms. The van der Waals surface area contributed by atoms with E-state index in [1.54, 1.807) is 0 Å². The summed E-state index contributed by atoms with van der Waals surface area (Å²) in [5, 5.41) is 9.44. The summed E-state index contributed by atoms with van der Waals surface area (Å²) >= 11 is 0. The largest absolute Gasteiger partial charge is 0.481 e. The normalized spacial score (nSPS) is 42.5. The third kappa shape index (κ3) is 2.31. The van der Waals surface area contributed by atoms with Crippen LogP contribution in [-0.4, -0.2) is 46.3 Å². The van der Waals surface area contributed by atoms with Crippen LogP contribution in [0.2, 0.25) is 0 Å². The standard InChI is InChI=1S/C17H27NO3/c19-16(20)14-10-12-4-5-15(14)18(12)13-6-9-21-17(11-13)7-2-1-3-8-17/h12-15H,1-11H2,(H,19,20). The maximum Gasteiger partial charge on any atom is 0.308 e. The van der Waals surface area contributed by atoms with Crippen molar-refractivity contribution in [3.63, 3.8) is 0 Å². The van der Waals surface area contributed by atoms with E-state index in [9.17, 15) is 9.90 Å². The van der Waals surface area contributed by atoms with Crippen LogP contribution in [0, 0.1) is 5.92 Å². The van der Waals surface area contributed by atoms with Gasteiger partial charge in [-0.2, -0.15) is 0 Å². The highest BCUT2D eigenvalue weighted by Gasteiger charge is 2.53. The summed E-state index contributed by atoms with van der Waals surface area (Å²) in [6, 6.07) is 1.40. The summed E-state index contributed by atoms with van der Waals surface area (Å²) in [6.45, 7) is 0.873. The van der Waals surface area contributed by atoms with Crippen LogP contribution in [0.1, 0.15) is 64.2 Å². The molecule has 3 aliphatic heterocycles. The summed E-state index contributed by atoms with van der Waals surface area (Å²) in [4.78, 5) is 14.1. The van der Waals surface area contributed by atoms with E-state index in [0.717, 1.165) is 32.3 Å². The first-order chi connectivity index (χ1) is 10.2. The van der Waals surface area contributed by atoms with Crippen molar-refractivity contribution in [2.75, 3.05) is 6.61 Å². The van der Waals surface area contributed by atoms with Gasteiger partial charge in [-0.15, -0.1) is 0 Å². The molecule has 21 heavy (non-hydrogen) atoms. The van der Waals surface area contributed by atoms with E-state index in [0.29, 0.717) is 18.1 Å². The first kappa shape index (κ1) is 14.0. The number of carbonyl (C=O) groups is 1. The zero-order valence-corrected chi connectivity index (χ0v) is 12.8. The number of rotatable bonds is 2. The van der Waals surface area contributed by atoms with Crippen LogP contribution in [0.15, 0.2) is 0 Å². The molecule has 1 saturated carbocycles. The van der Waals surface area contributed by atoms with E-state index in [2.05, 4.69) is 4.90 Å². The van der Waals surface area contributed by atoms with Gasteiger partial charge in [0, 0.05) is 24.7 Å². The summed E-state index contributed by atoms with van der Waals surface area (Å²) in [5.41, 5.74) is 0.127. The Morgan fingerprint density at radius 3 is 2.62 bits per heavy atom. The Morgan fingerprint density at radius 1 is 1.10 bits per heavy atom. The molecule has 4 fully saturated rings. The molecule has 1 spiro atoms.